The van der Waals surface area contributed by atoms with Crippen LogP contribution in [-0.2, 0) is 10.0 Å². The predicted octanol–water partition coefficient (Wildman–Crippen LogP) is 4.31. The molecular formula is C20H19FN4O3S3. The molecule has 1 heterocycles. The minimum Gasteiger partial charge on any atom is -0.365 e. The largest absolute Gasteiger partial charge is 0.365 e. The Bertz CT molecular complexity index is 1240. The summed E-state index contributed by atoms with van der Waals surface area (Å²) in [6.07, 6.45) is 5.77. The molecule has 7 nitrogen and oxygen atoms in total. The second-order valence-electron chi connectivity index (χ2n) is 6.40. The Morgan fingerprint density at radius 2 is 1.87 bits per heavy atom. The van der Waals surface area contributed by atoms with Crippen molar-refractivity contribution in [3.8, 4) is 0 Å². The molecule has 0 bridgehead atoms. The molecule has 2 aromatic carbocycles. The van der Waals surface area contributed by atoms with Gasteiger partial charge in [0.05, 0.1) is 29.4 Å². The van der Waals surface area contributed by atoms with Crippen molar-refractivity contribution in [1.29, 1.82) is 0 Å². The van der Waals surface area contributed by atoms with E-state index in [0.29, 0.717) is 15.5 Å². The fraction of sp³-hybridized carbons (Fsp3) is 0.100. The first kappa shape index (κ1) is 22.9. The van der Waals surface area contributed by atoms with Crippen molar-refractivity contribution in [3.63, 3.8) is 0 Å². The van der Waals surface area contributed by atoms with Crippen molar-refractivity contribution in [2.75, 3.05) is 22.6 Å². The molecule has 0 fully saturated rings. The zero-order valence-corrected chi connectivity index (χ0v) is 19.0. The highest BCUT2D eigenvalue weighted by molar-refractivity contribution is 7.99. The highest BCUT2D eigenvalue weighted by Crippen LogP contribution is 2.35. The van der Waals surface area contributed by atoms with Gasteiger partial charge in [0, 0.05) is 26.6 Å². The van der Waals surface area contributed by atoms with Gasteiger partial charge in [-0.3, -0.25) is 14.5 Å². The van der Waals surface area contributed by atoms with Gasteiger partial charge in [0.25, 0.3) is 5.91 Å². The number of nitrogens with zero attached hydrogens (tertiary/aromatic N) is 1. The van der Waals surface area contributed by atoms with E-state index in [9.17, 15) is 17.6 Å². The lowest BCUT2D eigenvalue weighted by molar-refractivity contribution is 0.0998. The van der Waals surface area contributed by atoms with Crippen LogP contribution >= 0.6 is 23.5 Å². The van der Waals surface area contributed by atoms with Gasteiger partial charge in [0.1, 0.15) is 5.82 Å². The number of amides is 1. The molecule has 0 unspecified atom stereocenters. The van der Waals surface area contributed by atoms with Gasteiger partial charge in [-0.05, 0) is 42.7 Å². The number of aromatic nitrogens is 1. The van der Waals surface area contributed by atoms with Crippen molar-refractivity contribution in [3.05, 3.63) is 66.2 Å². The summed E-state index contributed by atoms with van der Waals surface area (Å²) in [6, 6.07) is 11.4. The SMILES string of the molecule is CSc1ccc(Nc2cncc(Sc3cccc(NS(C)(=O)=O)c3)c2C(N)=O)c(F)c1. The number of thioether (sulfide) groups is 1. The van der Waals surface area contributed by atoms with Crippen LogP contribution in [0, 0.1) is 5.82 Å². The molecule has 1 amide bonds. The number of nitrogens with one attached hydrogen (secondary N) is 2. The molecule has 3 rings (SSSR count). The van der Waals surface area contributed by atoms with Crippen LogP contribution in [-0.4, -0.2) is 31.8 Å². The summed E-state index contributed by atoms with van der Waals surface area (Å²) in [7, 11) is -3.43. The first-order valence-electron chi connectivity index (χ1n) is 8.80. The summed E-state index contributed by atoms with van der Waals surface area (Å²) < 4.78 is 39.8. The second-order valence-corrected chi connectivity index (χ2v) is 10.1. The Hall–Kier alpha value is -2.76. The van der Waals surface area contributed by atoms with Gasteiger partial charge in [-0.15, -0.1) is 11.8 Å². The number of pyridine rings is 1. The molecule has 162 valence electrons. The number of hydrogen-bond acceptors (Lipinski definition) is 7. The van der Waals surface area contributed by atoms with Crippen molar-refractivity contribution < 1.29 is 17.6 Å². The first-order chi connectivity index (χ1) is 14.7. The number of halogens is 1. The number of anilines is 3. The zero-order chi connectivity index (χ0) is 22.6. The lowest BCUT2D eigenvalue weighted by Crippen LogP contribution is -2.15. The molecule has 0 atom stereocenters. The highest BCUT2D eigenvalue weighted by atomic mass is 32.2. The number of hydrogen-bond donors (Lipinski definition) is 3. The van der Waals surface area contributed by atoms with Gasteiger partial charge in [-0.1, -0.05) is 17.8 Å². The van der Waals surface area contributed by atoms with Crippen LogP contribution in [0.15, 0.2) is 69.5 Å². The van der Waals surface area contributed by atoms with Gasteiger partial charge in [0.2, 0.25) is 10.0 Å². The third kappa shape index (κ3) is 6.12. The van der Waals surface area contributed by atoms with Gasteiger partial charge >= 0.3 is 0 Å². The first-order valence-corrected chi connectivity index (χ1v) is 12.7. The van der Waals surface area contributed by atoms with Crippen LogP contribution in [0.2, 0.25) is 0 Å². The van der Waals surface area contributed by atoms with E-state index in [0.717, 1.165) is 11.2 Å². The van der Waals surface area contributed by atoms with Crippen LogP contribution in [0.5, 0.6) is 0 Å². The Labute approximate surface area is 188 Å². The minimum atomic E-state index is -3.43. The van der Waals surface area contributed by atoms with Crippen molar-refractivity contribution >= 4 is 56.5 Å². The topological polar surface area (TPSA) is 114 Å². The van der Waals surface area contributed by atoms with E-state index in [1.165, 1.54) is 42.0 Å². The lowest BCUT2D eigenvalue weighted by Gasteiger charge is -2.14. The lowest BCUT2D eigenvalue weighted by atomic mass is 10.2. The second kappa shape index (κ2) is 9.58. The number of carbonyl (C=O) groups excluding carboxylic acids is 1. The summed E-state index contributed by atoms with van der Waals surface area (Å²) in [6.45, 7) is 0. The number of carbonyl (C=O) groups is 1. The molecule has 0 saturated carbocycles. The molecule has 0 radical (unpaired) electrons. The van der Waals surface area contributed by atoms with Crippen molar-refractivity contribution in [2.45, 2.75) is 14.7 Å². The third-order valence-electron chi connectivity index (χ3n) is 3.97. The molecule has 11 heteroatoms. The molecule has 0 aliphatic heterocycles. The van der Waals surface area contributed by atoms with Crippen molar-refractivity contribution in [1.82, 2.24) is 4.98 Å². The van der Waals surface area contributed by atoms with Crippen LogP contribution in [0.1, 0.15) is 10.4 Å². The maximum Gasteiger partial charge on any atom is 0.252 e. The number of sulfonamides is 1. The van der Waals surface area contributed by atoms with Gasteiger partial charge < -0.3 is 11.1 Å². The van der Waals surface area contributed by atoms with E-state index in [-0.39, 0.29) is 16.9 Å². The molecule has 0 spiro atoms. The Morgan fingerprint density at radius 1 is 1.10 bits per heavy atom. The standard InChI is InChI=1S/C20H19FN4O3S3/c1-29-13-6-7-16(15(21)9-13)24-17-10-23-11-18(19(17)20(22)26)30-14-5-3-4-12(8-14)25-31(2,27)28/h3-11,24-25H,1-2H3,(H2,22,26). The maximum atomic E-state index is 14.4. The van der Waals surface area contributed by atoms with Gasteiger partial charge in [-0.2, -0.15) is 0 Å². The van der Waals surface area contributed by atoms with E-state index in [4.69, 9.17) is 5.73 Å². The molecule has 0 aliphatic carbocycles. The number of primary amides is 1. The summed E-state index contributed by atoms with van der Waals surface area (Å²) in [4.78, 5) is 18.2. The summed E-state index contributed by atoms with van der Waals surface area (Å²) in [5, 5.41) is 2.89. The van der Waals surface area contributed by atoms with Crippen LogP contribution in [0.4, 0.5) is 21.5 Å². The highest BCUT2D eigenvalue weighted by Gasteiger charge is 2.17. The third-order valence-corrected chi connectivity index (χ3v) is 6.32. The average Bonchev–Trinajstić information content (AvgIpc) is 2.68. The van der Waals surface area contributed by atoms with Crippen LogP contribution in [0.3, 0.4) is 0 Å². The number of nitrogens with two attached hydrogens (primary N) is 1. The molecule has 4 N–H and O–H groups in total. The van der Waals surface area contributed by atoms with E-state index in [1.807, 2.05) is 6.26 Å². The Balaban J connectivity index is 1.94. The van der Waals surface area contributed by atoms with E-state index in [2.05, 4.69) is 15.0 Å². The monoisotopic (exact) mass is 478 g/mol. The fourth-order valence-corrected chi connectivity index (χ4v) is 4.69. The number of benzene rings is 2. The smallest absolute Gasteiger partial charge is 0.252 e. The molecule has 0 aliphatic rings. The summed E-state index contributed by atoms with van der Waals surface area (Å²) in [5.74, 6) is -1.18. The van der Waals surface area contributed by atoms with E-state index < -0.39 is 21.7 Å². The average molecular weight is 479 g/mol. The Kier molecular flexibility index (Phi) is 7.08. The van der Waals surface area contributed by atoms with Crippen molar-refractivity contribution in [2.24, 2.45) is 5.73 Å². The van der Waals surface area contributed by atoms with E-state index in [1.54, 1.807) is 36.4 Å². The zero-order valence-electron chi connectivity index (χ0n) is 16.5. The van der Waals surface area contributed by atoms with Crippen LogP contribution < -0.4 is 15.8 Å². The van der Waals surface area contributed by atoms with E-state index >= 15 is 0 Å². The maximum absolute atomic E-state index is 14.4. The normalized spacial score (nSPS) is 11.2. The molecule has 3 aromatic rings. The minimum absolute atomic E-state index is 0.148. The number of rotatable bonds is 8. The predicted molar refractivity (Wildman–Crippen MR) is 123 cm³/mol. The molecule has 31 heavy (non-hydrogen) atoms. The fourth-order valence-electron chi connectivity index (χ4n) is 2.70. The van der Waals surface area contributed by atoms with Crippen LogP contribution in [0.25, 0.3) is 0 Å². The Morgan fingerprint density at radius 3 is 2.52 bits per heavy atom. The molecular weight excluding hydrogens is 459 g/mol. The molecule has 0 saturated heterocycles. The van der Waals surface area contributed by atoms with Gasteiger partial charge in [-0.25, -0.2) is 12.8 Å². The summed E-state index contributed by atoms with van der Waals surface area (Å²) in [5.41, 5.74) is 6.59. The summed E-state index contributed by atoms with van der Waals surface area (Å²) >= 11 is 2.60. The quantitative estimate of drug-likeness (QED) is 0.413. The molecule has 1 aromatic heterocycles. The van der Waals surface area contributed by atoms with Gasteiger partial charge in [0.15, 0.2) is 0 Å².